The fourth-order valence-electron chi connectivity index (χ4n) is 3.58. The first-order chi connectivity index (χ1) is 8.59. The average molecular weight is 226 g/mol. The van der Waals surface area contributed by atoms with Gasteiger partial charge in [-0.25, -0.2) is 0 Å². The maximum atomic E-state index is 8.54. The van der Waals surface area contributed by atoms with Crippen LogP contribution in [0.3, 0.4) is 0 Å². The second-order valence-corrected chi connectivity index (χ2v) is 5.59. The van der Waals surface area contributed by atoms with Gasteiger partial charge in [-0.2, -0.15) is 0 Å². The summed E-state index contributed by atoms with van der Waals surface area (Å²) in [6.07, 6.45) is 2.65. The first kappa shape index (κ1) is 8.90. The monoisotopic (exact) mass is 226 g/mol. The molecular weight excluding hydrogens is 200 g/mol. The number of nitrogens with one attached hydrogen (secondary N) is 1. The smallest absolute Gasteiger partial charge is 0.0468 e. The van der Waals surface area contributed by atoms with Crippen molar-refractivity contribution in [1.29, 1.82) is 0 Å². The summed E-state index contributed by atoms with van der Waals surface area (Å²) in [5, 5.41) is 3.45. The van der Waals surface area contributed by atoms with Crippen molar-refractivity contribution in [2.24, 2.45) is 23.5 Å². The summed E-state index contributed by atoms with van der Waals surface area (Å²) in [5.74, 6) is 1.18. The van der Waals surface area contributed by atoms with Crippen molar-refractivity contribution in [3.63, 3.8) is 0 Å². The zero-order valence-corrected chi connectivity index (χ0v) is 9.82. The van der Waals surface area contributed by atoms with Crippen molar-refractivity contribution in [3.05, 3.63) is 0 Å². The van der Waals surface area contributed by atoms with E-state index in [-0.39, 0.29) is 18.0 Å². The van der Waals surface area contributed by atoms with Crippen LogP contribution in [0, 0.1) is 17.8 Å². The zero-order chi connectivity index (χ0) is 12.8. The molecule has 2 aliphatic heterocycles. The number of nitrogens with two attached hydrogens (primary N) is 1. The lowest BCUT2D eigenvalue weighted by Gasteiger charge is -2.27. The van der Waals surface area contributed by atoms with Gasteiger partial charge < -0.3 is 15.8 Å². The molecule has 2 saturated heterocycles. The molecule has 16 heavy (non-hydrogen) atoms. The number of hydrogen-bond acceptors (Lipinski definition) is 3. The molecule has 0 amide bonds. The highest BCUT2D eigenvalue weighted by Gasteiger charge is 2.42. The summed E-state index contributed by atoms with van der Waals surface area (Å²) in [6, 6.07) is 0.286. The van der Waals surface area contributed by atoms with Gasteiger partial charge in [0.2, 0.25) is 0 Å². The van der Waals surface area contributed by atoms with Gasteiger partial charge in [-0.15, -0.1) is 0 Å². The summed E-state index contributed by atoms with van der Waals surface area (Å²) in [6.45, 7) is 2.38. The van der Waals surface area contributed by atoms with Gasteiger partial charge in [0.1, 0.15) is 0 Å². The Morgan fingerprint density at radius 3 is 2.94 bits per heavy atom. The number of ether oxygens (including phenoxy) is 1. The van der Waals surface area contributed by atoms with E-state index in [0.717, 1.165) is 32.2 Å². The Kier molecular flexibility index (Phi) is 2.58. The van der Waals surface area contributed by atoms with E-state index in [4.69, 9.17) is 13.2 Å². The average Bonchev–Trinajstić information content (AvgIpc) is 2.88. The molecule has 0 spiro atoms. The highest BCUT2D eigenvalue weighted by molar-refractivity contribution is 4.98. The first-order valence-electron chi connectivity index (χ1n) is 7.65. The molecule has 1 saturated carbocycles. The molecule has 0 radical (unpaired) electrons. The van der Waals surface area contributed by atoms with Crippen molar-refractivity contribution in [1.82, 2.24) is 5.32 Å². The third-order valence-corrected chi connectivity index (χ3v) is 4.45. The molecule has 0 aromatic carbocycles. The molecule has 0 aromatic heterocycles. The predicted octanol–water partition coefficient (Wildman–Crippen LogP) is 1.13. The first-order valence-corrected chi connectivity index (χ1v) is 6.65. The minimum absolute atomic E-state index is 0.000787. The minimum Gasteiger partial charge on any atom is -0.381 e. The molecule has 3 heteroatoms. The lowest BCUT2D eigenvalue weighted by molar-refractivity contribution is 0.0593. The van der Waals surface area contributed by atoms with Crippen LogP contribution in [0.1, 0.15) is 34.8 Å². The molecule has 2 heterocycles. The summed E-state index contributed by atoms with van der Waals surface area (Å²) >= 11 is 0. The van der Waals surface area contributed by atoms with Gasteiger partial charge in [0, 0.05) is 28.0 Å². The van der Waals surface area contributed by atoms with Crippen molar-refractivity contribution in [3.8, 4) is 0 Å². The third-order valence-electron chi connectivity index (χ3n) is 4.45. The molecule has 92 valence electrons. The van der Waals surface area contributed by atoms with Gasteiger partial charge in [0.15, 0.2) is 0 Å². The van der Waals surface area contributed by atoms with Crippen LogP contribution in [0.15, 0.2) is 0 Å². The standard InChI is InChI=1S/C13H24N2O/c14-11-6-10-8-15-13(12(10)7-11)5-9-1-3-16-4-2-9/h9-13,15H,1-8,14H2/i5D2. The maximum absolute atomic E-state index is 8.54. The van der Waals surface area contributed by atoms with Crippen molar-refractivity contribution < 1.29 is 7.48 Å². The summed E-state index contributed by atoms with van der Waals surface area (Å²) in [5.41, 5.74) is 6.04. The van der Waals surface area contributed by atoms with Crippen molar-refractivity contribution >= 4 is 0 Å². The zero-order valence-electron chi connectivity index (χ0n) is 11.8. The minimum atomic E-state index is -1.12. The van der Waals surface area contributed by atoms with Crippen LogP contribution in [-0.2, 0) is 4.74 Å². The lowest BCUT2D eigenvalue weighted by atomic mass is 9.85. The highest BCUT2D eigenvalue weighted by Crippen LogP contribution is 2.39. The van der Waals surface area contributed by atoms with Crippen molar-refractivity contribution in [2.75, 3.05) is 19.8 Å². The Bertz CT molecular complexity index is 307. The molecule has 3 rings (SSSR count). The van der Waals surface area contributed by atoms with Crippen LogP contribution in [0.4, 0.5) is 0 Å². The van der Waals surface area contributed by atoms with Crippen LogP contribution in [0.25, 0.3) is 0 Å². The molecule has 3 N–H and O–H groups in total. The molecule has 1 aliphatic carbocycles. The maximum Gasteiger partial charge on any atom is 0.0468 e. The van der Waals surface area contributed by atoms with E-state index in [1.165, 1.54) is 0 Å². The number of rotatable bonds is 2. The van der Waals surface area contributed by atoms with Gasteiger partial charge in [-0.3, -0.25) is 0 Å². The van der Waals surface area contributed by atoms with E-state index in [1.807, 2.05) is 0 Å². The SMILES string of the molecule is [2H]C([2H])(C1CCOCC1)C1NCC2CC(N)CC21. The molecule has 3 aliphatic rings. The topological polar surface area (TPSA) is 47.3 Å². The molecule has 4 atom stereocenters. The second kappa shape index (κ2) is 4.63. The van der Waals surface area contributed by atoms with E-state index in [1.54, 1.807) is 0 Å². The molecular formula is C13H24N2O. The van der Waals surface area contributed by atoms with Crippen molar-refractivity contribution in [2.45, 2.75) is 44.1 Å². The van der Waals surface area contributed by atoms with E-state index in [0.29, 0.717) is 25.0 Å². The fraction of sp³-hybridized carbons (Fsp3) is 1.00. The number of hydrogen-bond donors (Lipinski definition) is 2. The van der Waals surface area contributed by atoms with Gasteiger partial charge in [-0.1, -0.05) is 0 Å². The Balaban J connectivity index is 1.72. The Morgan fingerprint density at radius 1 is 1.31 bits per heavy atom. The van der Waals surface area contributed by atoms with Gasteiger partial charge in [-0.05, 0) is 56.4 Å². The van der Waals surface area contributed by atoms with Crippen LogP contribution in [0.2, 0.25) is 0 Å². The fourth-order valence-corrected chi connectivity index (χ4v) is 3.58. The van der Waals surface area contributed by atoms with Gasteiger partial charge >= 0.3 is 0 Å². The second-order valence-electron chi connectivity index (χ2n) is 5.59. The third kappa shape index (κ3) is 2.13. The highest BCUT2D eigenvalue weighted by atomic mass is 16.5. The Hall–Kier alpha value is -0.120. The molecule has 0 bridgehead atoms. The molecule has 3 nitrogen and oxygen atoms in total. The van der Waals surface area contributed by atoms with Crippen LogP contribution >= 0.6 is 0 Å². The normalized spacial score (nSPS) is 47.6. The molecule has 0 aromatic rings. The van der Waals surface area contributed by atoms with E-state index in [9.17, 15) is 0 Å². The molecule has 3 fully saturated rings. The predicted molar refractivity (Wildman–Crippen MR) is 64.1 cm³/mol. The van der Waals surface area contributed by atoms with E-state index >= 15 is 0 Å². The summed E-state index contributed by atoms with van der Waals surface area (Å²) in [7, 11) is 0. The molecule has 4 unspecified atom stereocenters. The number of fused-ring (bicyclic) bond motifs is 1. The van der Waals surface area contributed by atoms with E-state index in [2.05, 4.69) is 5.32 Å². The Morgan fingerprint density at radius 2 is 2.12 bits per heavy atom. The summed E-state index contributed by atoms with van der Waals surface area (Å²) in [4.78, 5) is 0. The summed E-state index contributed by atoms with van der Waals surface area (Å²) < 4.78 is 22.4. The van der Waals surface area contributed by atoms with Gasteiger partial charge in [0.05, 0.1) is 0 Å². The van der Waals surface area contributed by atoms with Crippen LogP contribution < -0.4 is 11.1 Å². The van der Waals surface area contributed by atoms with E-state index < -0.39 is 6.37 Å². The lowest BCUT2D eigenvalue weighted by Crippen LogP contribution is -2.33. The van der Waals surface area contributed by atoms with Gasteiger partial charge in [0.25, 0.3) is 0 Å². The Labute approximate surface area is 101 Å². The largest absolute Gasteiger partial charge is 0.381 e. The van der Waals surface area contributed by atoms with Crippen LogP contribution in [0.5, 0.6) is 0 Å². The van der Waals surface area contributed by atoms with Crippen LogP contribution in [-0.4, -0.2) is 31.8 Å². The quantitative estimate of drug-likeness (QED) is 0.742.